The van der Waals surface area contributed by atoms with E-state index < -0.39 is 0 Å². The van der Waals surface area contributed by atoms with Crippen molar-refractivity contribution in [3.63, 3.8) is 0 Å². The quantitative estimate of drug-likeness (QED) is 0.831. The van der Waals surface area contributed by atoms with Crippen LogP contribution in [0.5, 0.6) is 0 Å². The zero-order valence-corrected chi connectivity index (χ0v) is 14.7. The Kier molecular flexibility index (Phi) is 4.50. The second kappa shape index (κ2) is 6.41. The highest BCUT2D eigenvalue weighted by atomic mass is 16.5. The predicted molar refractivity (Wildman–Crippen MR) is 87.2 cm³/mol. The van der Waals surface area contributed by atoms with Crippen molar-refractivity contribution in [2.45, 2.75) is 45.9 Å². The van der Waals surface area contributed by atoms with Crippen LogP contribution >= 0.6 is 0 Å². The third kappa shape index (κ3) is 3.03. The van der Waals surface area contributed by atoms with E-state index in [9.17, 15) is 0 Å². The maximum absolute atomic E-state index is 5.70. The number of hydrogen-bond acceptors (Lipinski definition) is 5. The molecule has 0 aliphatic carbocycles. The Bertz CT molecular complexity index is 676. The van der Waals surface area contributed by atoms with Gasteiger partial charge in [0, 0.05) is 63.7 Å². The molecule has 23 heavy (non-hydrogen) atoms. The summed E-state index contributed by atoms with van der Waals surface area (Å²) in [5.74, 6) is 0.274. The number of aromatic nitrogens is 5. The first kappa shape index (κ1) is 16.1. The fraction of sp³-hybridized carbons (Fsp3) is 0.688. The molecule has 1 aliphatic rings. The van der Waals surface area contributed by atoms with Crippen LogP contribution in [0.4, 0.5) is 0 Å². The summed E-state index contributed by atoms with van der Waals surface area (Å²) in [5.41, 5.74) is 4.74. The van der Waals surface area contributed by atoms with Crippen molar-refractivity contribution in [2.75, 3.05) is 20.2 Å². The van der Waals surface area contributed by atoms with Crippen LogP contribution in [-0.2, 0) is 24.9 Å². The summed E-state index contributed by atoms with van der Waals surface area (Å²) in [6.07, 6.45) is 2.15. The molecule has 1 saturated heterocycles. The number of likely N-dealkylation sites (tertiary alicyclic amines) is 1. The topological polar surface area (TPSA) is 61.0 Å². The van der Waals surface area contributed by atoms with Crippen molar-refractivity contribution in [2.24, 2.45) is 7.05 Å². The maximum atomic E-state index is 5.70. The number of hydrogen-bond donors (Lipinski definition) is 0. The summed E-state index contributed by atoms with van der Waals surface area (Å²) in [6.45, 7) is 10.1. The Hall–Kier alpha value is -1.73. The molecular formula is C16H26N6O. The highest BCUT2D eigenvalue weighted by Crippen LogP contribution is 2.30. The molecule has 7 nitrogen and oxygen atoms in total. The first-order valence-corrected chi connectivity index (χ1v) is 8.17. The number of nitrogens with zero attached hydrogens (tertiary/aromatic N) is 6. The van der Waals surface area contributed by atoms with E-state index >= 15 is 0 Å². The summed E-state index contributed by atoms with van der Waals surface area (Å²) in [6, 6.07) is 0. The molecule has 2 aromatic rings. The molecule has 1 aliphatic heterocycles. The minimum Gasteiger partial charge on any atom is -0.379 e. The molecule has 0 spiro atoms. The SMILES string of the molecule is CCn1nc(C)c(CN2C[C@@H](OC)[C@H](c3cn(C)nn3)C2)c1C. The Labute approximate surface area is 137 Å². The van der Waals surface area contributed by atoms with Gasteiger partial charge in [0.05, 0.1) is 17.5 Å². The lowest BCUT2D eigenvalue weighted by Crippen LogP contribution is -2.23. The van der Waals surface area contributed by atoms with E-state index in [0.717, 1.165) is 37.6 Å². The van der Waals surface area contributed by atoms with E-state index in [-0.39, 0.29) is 12.0 Å². The molecule has 3 rings (SSSR count). The van der Waals surface area contributed by atoms with Crippen LogP contribution in [0.3, 0.4) is 0 Å². The Morgan fingerprint density at radius 3 is 2.65 bits per heavy atom. The molecule has 0 N–H and O–H groups in total. The van der Waals surface area contributed by atoms with Gasteiger partial charge in [-0.25, -0.2) is 0 Å². The van der Waals surface area contributed by atoms with Crippen LogP contribution in [0.1, 0.15) is 35.5 Å². The summed E-state index contributed by atoms with van der Waals surface area (Å²) >= 11 is 0. The zero-order chi connectivity index (χ0) is 16.6. The van der Waals surface area contributed by atoms with Gasteiger partial charge in [-0.05, 0) is 20.8 Å². The molecule has 0 radical (unpaired) electrons. The van der Waals surface area contributed by atoms with Crippen LogP contribution < -0.4 is 0 Å². The van der Waals surface area contributed by atoms with Crippen LogP contribution in [0.15, 0.2) is 6.20 Å². The number of aryl methyl sites for hydroxylation is 3. The molecule has 1 fully saturated rings. The first-order chi connectivity index (χ1) is 11.0. The average molecular weight is 318 g/mol. The van der Waals surface area contributed by atoms with Gasteiger partial charge >= 0.3 is 0 Å². The largest absolute Gasteiger partial charge is 0.379 e. The summed E-state index contributed by atoms with van der Waals surface area (Å²) in [5, 5.41) is 13.0. The van der Waals surface area contributed by atoms with Crippen LogP contribution in [0, 0.1) is 13.8 Å². The Balaban J connectivity index is 1.76. The lowest BCUT2D eigenvalue weighted by atomic mass is 10.0. The zero-order valence-electron chi connectivity index (χ0n) is 14.7. The van der Waals surface area contributed by atoms with Gasteiger partial charge in [-0.2, -0.15) is 5.10 Å². The van der Waals surface area contributed by atoms with Crippen molar-refractivity contribution in [1.82, 2.24) is 29.7 Å². The molecule has 3 heterocycles. The highest BCUT2D eigenvalue weighted by molar-refractivity contribution is 5.25. The fourth-order valence-electron chi connectivity index (χ4n) is 3.53. The average Bonchev–Trinajstić information content (AvgIpc) is 3.20. The predicted octanol–water partition coefficient (Wildman–Crippen LogP) is 1.26. The van der Waals surface area contributed by atoms with Gasteiger partial charge in [0.15, 0.2) is 0 Å². The van der Waals surface area contributed by atoms with Gasteiger partial charge in [-0.15, -0.1) is 5.10 Å². The van der Waals surface area contributed by atoms with E-state index in [0.29, 0.717) is 0 Å². The molecular weight excluding hydrogens is 292 g/mol. The molecule has 0 bridgehead atoms. The van der Waals surface area contributed by atoms with Gasteiger partial charge in [-0.1, -0.05) is 5.21 Å². The second-order valence-corrected chi connectivity index (χ2v) is 6.36. The Morgan fingerprint density at radius 1 is 1.30 bits per heavy atom. The lowest BCUT2D eigenvalue weighted by Gasteiger charge is -2.15. The van der Waals surface area contributed by atoms with Crippen molar-refractivity contribution in [3.8, 4) is 0 Å². The molecule has 2 aromatic heterocycles. The third-order valence-electron chi connectivity index (χ3n) is 4.86. The van der Waals surface area contributed by atoms with Crippen molar-refractivity contribution in [3.05, 3.63) is 28.8 Å². The molecule has 2 atom stereocenters. The highest BCUT2D eigenvalue weighted by Gasteiger charge is 2.36. The summed E-state index contributed by atoms with van der Waals surface area (Å²) in [4.78, 5) is 2.44. The second-order valence-electron chi connectivity index (χ2n) is 6.36. The number of methoxy groups -OCH3 is 1. The van der Waals surface area contributed by atoms with E-state index in [4.69, 9.17) is 4.74 Å². The van der Waals surface area contributed by atoms with Gasteiger partial charge in [0.1, 0.15) is 0 Å². The number of rotatable bonds is 5. The fourth-order valence-corrected chi connectivity index (χ4v) is 3.53. The molecule has 0 saturated carbocycles. The minimum atomic E-state index is 0.161. The minimum absolute atomic E-state index is 0.161. The van der Waals surface area contributed by atoms with Crippen molar-refractivity contribution < 1.29 is 4.74 Å². The molecule has 0 aromatic carbocycles. The van der Waals surface area contributed by atoms with E-state index in [1.165, 1.54) is 11.3 Å². The monoisotopic (exact) mass is 318 g/mol. The molecule has 0 amide bonds. The standard InChI is InChI=1S/C16H26N6O/c1-6-22-12(3)13(11(2)18-22)7-21-8-14(16(10-21)23-5)15-9-20(4)19-17-15/h9,14,16H,6-8,10H2,1-5H3/t14-,16+/m0/s1. The van der Waals surface area contributed by atoms with E-state index in [1.807, 2.05) is 13.2 Å². The van der Waals surface area contributed by atoms with E-state index in [2.05, 4.69) is 45.8 Å². The maximum Gasteiger partial charge on any atom is 0.0897 e. The smallest absolute Gasteiger partial charge is 0.0897 e. The molecule has 126 valence electrons. The first-order valence-electron chi connectivity index (χ1n) is 8.17. The van der Waals surface area contributed by atoms with Gasteiger partial charge in [0.2, 0.25) is 0 Å². The summed E-state index contributed by atoms with van der Waals surface area (Å²) < 4.78 is 9.54. The van der Waals surface area contributed by atoms with Crippen LogP contribution in [0.25, 0.3) is 0 Å². The normalized spacial score (nSPS) is 22.1. The van der Waals surface area contributed by atoms with E-state index in [1.54, 1.807) is 11.8 Å². The van der Waals surface area contributed by atoms with Crippen molar-refractivity contribution >= 4 is 0 Å². The lowest BCUT2D eigenvalue weighted by molar-refractivity contribution is 0.0957. The summed E-state index contributed by atoms with van der Waals surface area (Å²) in [7, 11) is 3.68. The van der Waals surface area contributed by atoms with Gasteiger partial charge in [-0.3, -0.25) is 14.3 Å². The third-order valence-corrected chi connectivity index (χ3v) is 4.86. The van der Waals surface area contributed by atoms with Gasteiger partial charge < -0.3 is 4.74 Å². The molecule has 0 unspecified atom stereocenters. The van der Waals surface area contributed by atoms with Crippen molar-refractivity contribution in [1.29, 1.82) is 0 Å². The molecule has 7 heteroatoms. The van der Waals surface area contributed by atoms with Crippen LogP contribution in [-0.4, -0.2) is 56.0 Å². The number of ether oxygens (including phenoxy) is 1. The van der Waals surface area contributed by atoms with Crippen LogP contribution in [0.2, 0.25) is 0 Å². The van der Waals surface area contributed by atoms with Gasteiger partial charge in [0.25, 0.3) is 0 Å². The Morgan fingerprint density at radius 2 is 2.09 bits per heavy atom.